The molecule has 0 bridgehead atoms. The number of ether oxygens (including phenoxy) is 1. The average Bonchev–Trinajstić information content (AvgIpc) is 2.90. The van der Waals surface area contributed by atoms with Gasteiger partial charge < -0.3 is 10.1 Å². The summed E-state index contributed by atoms with van der Waals surface area (Å²) in [6.07, 6.45) is 3.87. The molecule has 0 unspecified atom stereocenters. The quantitative estimate of drug-likeness (QED) is 0.879. The number of rotatable bonds is 6. The van der Waals surface area contributed by atoms with Gasteiger partial charge in [-0.1, -0.05) is 13.8 Å². The monoisotopic (exact) mass is 277 g/mol. The molecule has 110 valence electrons. The summed E-state index contributed by atoms with van der Waals surface area (Å²) in [5, 5.41) is 12.1. The minimum absolute atomic E-state index is 0.586. The first kappa shape index (κ1) is 14.4. The third-order valence-electron chi connectivity index (χ3n) is 3.14. The lowest BCUT2D eigenvalue weighted by atomic mass is 10.2. The van der Waals surface area contributed by atoms with E-state index in [1.165, 1.54) is 0 Å². The second kappa shape index (κ2) is 5.98. The van der Waals surface area contributed by atoms with Crippen LogP contribution in [0.4, 0.5) is 5.69 Å². The van der Waals surface area contributed by atoms with Gasteiger partial charge >= 0.3 is 0 Å². The van der Waals surface area contributed by atoms with E-state index < -0.39 is 0 Å². The number of nitrogens with one attached hydrogen (secondary N) is 1. The van der Waals surface area contributed by atoms with E-state index in [9.17, 15) is 0 Å². The van der Waals surface area contributed by atoms with Gasteiger partial charge in [-0.15, -0.1) is 0 Å². The van der Waals surface area contributed by atoms with Crippen LogP contribution in [-0.4, -0.2) is 26.7 Å². The molecule has 0 radical (unpaired) electrons. The highest BCUT2D eigenvalue weighted by Gasteiger charge is 2.13. The Balaban J connectivity index is 2.03. The highest BCUT2D eigenvalue weighted by atomic mass is 16.5. The van der Waals surface area contributed by atoms with Gasteiger partial charge in [0.1, 0.15) is 0 Å². The zero-order chi connectivity index (χ0) is 14.7. The van der Waals surface area contributed by atoms with Gasteiger partial charge in [-0.25, -0.2) is 4.68 Å². The van der Waals surface area contributed by atoms with Crippen molar-refractivity contribution in [1.82, 2.24) is 19.6 Å². The summed E-state index contributed by atoms with van der Waals surface area (Å²) in [6, 6.07) is 0. The van der Waals surface area contributed by atoms with Crippen molar-refractivity contribution >= 4 is 5.69 Å². The summed E-state index contributed by atoms with van der Waals surface area (Å²) in [7, 11) is 3.55. The van der Waals surface area contributed by atoms with E-state index in [2.05, 4.69) is 29.4 Å². The molecule has 0 aliphatic carbocycles. The van der Waals surface area contributed by atoms with Crippen LogP contribution in [0.15, 0.2) is 12.4 Å². The molecule has 20 heavy (non-hydrogen) atoms. The molecule has 0 aliphatic rings. The van der Waals surface area contributed by atoms with Crippen molar-refractivity contribution in [3.8, 4) is 5.88 Å². The number of nitrogens with zero attached hydrogens (tertiary/aromatic N) is 4. The Kier molecular flexibility index (Phi) is 4.32. The summed E-state index contributed by atoms with van der Waals surface area (Å²) >= 11 is 0. The Morgan fingerprint density at radius 2 is 2.15 bits per heavy atom. The van der Waals surface area contributed by atoms with Crippen LogP contribution in [0.1, 0.15) is 25.1 Å². The van der Waals surface area contributed by atoms with Crippen molar-refractivity contribution in [3.63, 3.8) is 0 Å². The molecule has 2 rings (SSSR count). The number of aryl methyl sites for hydroxylation is 2. The van der Waals surface area contributed by atoms with Crippen molar-refractivity contribution in [3.05, 3.63) is 23.7 Å². The van der Waals surface area contributed by atoms with Crippen LogP contribution in [-0.2, 0) is 20.1 Å². The predicted molar refractivity (Wildman–Crippen MR) is 78.9 cm³/mol. The lowest BCUT2D eigenvalue weighted by molar-refractivity contribution is 0.370. The van der Waals surface area contributed by atoms with Crippen molar-refractivity contribution in [2.75, 3.05) is 12.4 Å². The van der Waals surface area contributed by atoms with Gasteiger partial charge in [0.2, 0.25) is 5.88 Å². The SMILES string of the molecule is COc1c(CNc2cnn(CC(C)C)c2)c(C)nn1C. The highest BCUT2D eigenvalue weighted by molar-refractivity contribution is 5.41. The van der Waals surface area contributed by atoms with Crippen LogP contribution in [0.25, 0.3) is 0 Å². The maximum Gasteiger partial charge on any atom is 0.216 e. The van der Waals surface area contributed by atoms with Gasteiger partial charge in [0.25, 0.3) is 0 Å². The Bertz CT molecular complexity index is 570. The van der Waals surface area contributed by atoms with Gasteiger partial charge in [0.05, 0.1) is 30.3 Å². The lowest BCUT2D eigenvalue weighted by Gasteiger charge is -2.06. The summed E-state index contributed by atoms with van der Waals surface area (Å²) in [6.45, 7) is 7.95. The molecule has 0 aromatic carbocycles. The second-order valence-corrected chi connectivity index (χ2v) is 5.40. The first-order valence-corrected chi connectivity index (χ1v) is 6.84. The van der Waals surface area contributed by atoms with E-state index in [0.29, 0.717) is 12.5 Å². The minimum Gasteiger partial charge on any atom is -0.481 e. The molecular formula is C14H23N5O. The van der Waals surface area contributed by atoms with Crippen LogP contribution >= 0.6 is 0 Å². The van der Waals surface area contributed by atoms with Crippen LogP contribution in [0.2, 0.25) is 0 Å². The molecule has 0 amide bonds. The first-order valence-electron chi connectivity index (χ1n) is 6.84. The van der Waals surface area contributed by atoms with Crippen molar-refractivity contribution in [2.24, 2.45) is 13.0 Å². The zero-order valence-electron chi connectivity index (χ0n) is 12.8. The Morgan fingerprint density at radius 3 is 2.80 bits per heavy atom. The second-order valence-electron chi connectivity index (χ2n) is 5.40. The maximum absolute atomic E-state index is 5.38. The lowest BCUT2D eigenvalue weighted by Crippen LogP contribution is -2.04. The number of hydrogen-bond acceptors (Lipinski definition) is 4. The predicted octanol–water partition coefficient (Wildman–Crippen LogP) is 2.20. The van der Waals surface area contributed by atoms with Gasteiger partial charge in [-0.05, 0) is 12.8 Å². The van der Waals surface area contributed by atoms with Gasteiger partial charge in [0.15, 0.2) is 0 Å². The van der Waals surface area contributed by atoms with Crippen LogP contribution in [0, 0.1) is 12.8 Å². The van der Waals surface area contributed by atoms with E-state index in [-0.39, 0.29) is 0 Å². The minimum atomic E-state index is 0.586. The molecule has 2 aromatic heterocycles. The molecular weight excluding hydrogens is 254 g/mol. The van der Waals surface area contributed by atoms with E-state index in [1.807, 2.05) is 31.0 Å². The standard InChI is InChI=1S/C14H23N5O/c1-10(2)8-19-9-12(6-16-19)15-7-13-11(3)17-18(4)14(13)20-5/h6,9-10,15H,7-8H2,1-5H3. The summed E-state index contributed by atoms with van der Waals surface area (Å²) < 4.78 is 9.10. The zero-order valence-corrected chi connectivity index (χ0v) is 12.8. The van der Waals surface area contributed by atoms with Crippen LogP contribution in [0.3, 0.4) is 0 Å². The third kappa shape index (κ3) is 3.12. The number of aromatic nitrogens is 4. The third-order valence-corrected chi connectivity index (χ3v) is 3.14. The van der Waals surface area contributed by atoms with Gasteiger partial charge in [0, 0.05) is 26.3 Å². The maximum atomic E-state index is 5.38. The fraction of sp³-hybridized carbons (Fsp3) is 0.571. The molecule has 0 spiro atoms. The fourth-order valence-electron chi connectivity index (χ4n) is 2.26. The van der Waals surface area contributed by atoms with Crippen LogP contribution < -0.4 is 10.1 Å². The number of hydrogen-bond donors (Lipinski definition) is 1. The topological polar surface area (TPSA) is 56.9 Å². The molecule has 0 fully saturated rings. The molecule has 0 atom stereocenters. The summed E-state index contributed by atoms with van der Waals surface area (Å²) in [5.74, 6) is 1.38. The average molecular weight is 277 g/mol. The van der Waals surface area contributed by atoms with E-state index in [4.69, 9.17) is 4.74 Å². The summed E-state index contributed by atoms with van der Waals surface area (Å²) in [5.41, 5.74) is 3.06. The van der Waals surface area contributed by atoms with Gasteiger partial charge in [-0.2, -0.15) is 10.2 Å². The van der Waals surface area contributed by atoms with E-state index in [0.717, 1.165) is 29.4 Å². The Hall–Kier alpha value is -1.98. The Labute approximate surface area is 119 Å². The molecule has 2 aromatic rings. The largest absolute Gasteiger partial charge is 0.481 e. The smallest absolute Gasteiger partial charge is 0.216 e. The molecule has 2 heterocycles. The van der Waals surface area contributed by atoms with E-state index in [1.54, 1.807) is 11.8 Å². The molecule has 0 aliphatic heterocycles. The van der Waals surface area contributed by atoms with E-state index >= 15 is 0 Å². The number of methoxy groups -OCH3 is 1. The molecule has 6 nitrogen and oxygen atoms in total. The normalized spacial score (nSPS) is 11.1. The molecule has 6 heteroatoms. The van der Waals surface area contributed by atoms with Gasteiger partial charge in [-0.3, -0.25) is 4.68 Å². The molecule has 0 saturated carbocycles. The Morgan fingerprint density at radius 1 is 1.40 bits per heavy atom. The van der Waals surface area contributed by atoms with Crippen molar-refractivity contribution in [1.29, 1.82) is 0 Å². The summed E-state index contributed by atoms with van der Waals surface area (Å²) in [4.78, 5) is 0. The van der Waals surface area contributed by atoms with Crippen LogP contribution in [0.5, 0.6) is 5.88 Å². The first-order chi connectivity index (χ1) is 9.51. The van der Waals surface area contributed by atoms with Crippen molar-refractivity contribution in [2.45, 2.75) is 33.9 Å². The molecule has 1 N–H and O–H groups in total. The number of anilines is 1. The fourth-order valence-corrected chi connectivity index (χ4v) is 2.26. The highest BCUT2D eigenvalue weighted by Crippen LogP contribution is 2.22. The van der Waals surface area contributed by atoms with Crippen molar-refractivity contribution < 1.29 is 4.74 Å². The molecule has 0 saturated heterocycles.